The van der Waals surface area contributed by atoms with Crippen LogP contribution in [0.4, 0.5) is 0 Å². The van der Waals surface area contributed by atoms with Gasteiger partial charge in [-0.1, -0.05) is 36.2 Å². The normalized spacial score (nSPS) is 12.5. The Morgan fingerprint density at radius 3 is 2.87 bits per heavy atom. The number of thioether (sulfide) groups is 1. The molecule has 1 nitrogen and oxygen atoms in total. The van der Waals surface area contributed by atoms with Crippen LogP contribution in [-0.4, -0.2) is 12.0 Å². The van der Waals surface area contributed by atoms with Gasteiger partial charge in [0.2, 0.25) is 0 Å². The Hall–Kier alpha value is -0.280. The van der Waals surface area contributed by atoms with Crippen molar-refractivity contribution >= 4 is 34.0 Å². The average Bonchev–Trinajstić information content (AvgIpc) is 2.26. The van der Waals surface area contributed by atoms with E-state index in [4.69, 9.17) is 0 Å². The Balaban J connectivity index is 2.72. The van der Waals surface area contributed by atoms with E-state index in [9.17, 15) is 4.79 Å². The number of carbonyl (C=O) groups is 1. The van der Waals surface area contributed by atoms with Gasteiger partial charge in [0.15, 0.2) is 6.29 Å². The SMILES string of the molecule is CCC(C)CSc1ccc(Br)cc1C=O. The molecule has 3 heteroatoms. The van der Waals surface area contributed by atoms with Gasteiger partial charge in [0.1, 0.15) is 0 Å². The van der Waals surface area contributed by atoms with Crippen LogP contribution in [-0.2, 0) is 0 Å². The summed E-state index contributed by atoms with van der Waals surface area (Å²) in [5.41, 5.74) is 0.776. The van der Waals surface area contributed by atoms with Gasteiger partial charge in [0.05, 0.1) is 0 Å². The molecular weight excluding hydrogens is 272 g/mol. The van der Waals surface area contributed by atoms with E-state index in [0.29, 0.717) is 5.92 Å². The zero-order chi connectivity index (χ0) is 11.3. The highest BCUT2D eigenvalue weighted by molar-refractivity contribution is 9.10. The van der Waals surface area contributed by atoms with Crippen LogP contribution in [0.15, 0.2) is 27.6 Å². The van der Waals surface area contributed by atoms with Gasteiger partial charge < -0.3 is 0 Å². The summed E-state index contributed by atoms with van der Waals surface area (Å²) in [5.74, 6) is 1.76. The van der Waals surface area contributed by atoms with E-state index in [-0.39, 0.29) is 0 Å². The maximum atomic E-state index is 10.9. The van der Waals surface area contributed by atoms with Crippen LogP contribution < -0.4 is 0 Å². The van der Waals surface area contributed by atoms with Crippen molar-refractivity contribution in [1.29, 1.82) is 0 Å². The molecule has 0 amide bonds. The standard InChI is InChI=1S/C12H15BrOS/c1-3-9(2)8-15-12-5-4-11(13)6-10(12)7-14/h4-7,9H,3,8H2,1-2H3. The third kappa shape index (κ3) is 3.99. The molecule has 0 aliphatic carbocycles. The molecule has 1 aromatic rings. The average molecular weight is 287 g/mol. The molecular formula is C12H15BrOS. The molecule has 1 atom stereocenters. The fourth-order valence-corrected chi connectivity index (χ4v) is 2.61. The van der Waals surface area contributed by atoms with Crippen LogP contribution in [0.5, 0.6) is 0 Å². The lowest BCUT2D eigenvalue weighted by Crippen LogP contribution is -1.96. The Morgan fingerprint density at radius 2 is 2.27 bits per heavy atom. The number of benzene rings is 1. The van der Waals surface area contributed by atoms with Crippen molar-refractivity contribution in [3.63, 3.8) is 0 Å². The van der Waals surface area contributed by atoms with Gasteiger partial charge in [-0.15, -0.1) is 11.8 Å². The van der Waals surface area contributed by atoms with Crippen molar-refractivity contribution < 1.29 is 4.79 Å². The van der Waals surface area contributed by atoms with Crippen molar-refractivity contribution in [2.45, 2.75) is 25.2 Å². The second kappa shape index (κ2) is 6.33. The largest absolute Gasteiger partial charge is 0.298 e. The van der Waals surface area contributed by atoms with Crippen molar-refractivity contribution in [2.24, 2.45) is 5.92 Å². The van der Waals surface area contributed by atoms with Gasteiger partial charge in [0.25, 0.3) is 0 Å². The number of aldehydes is 1. The molecule has 1 rings (SSSR count). The molecule has 0 spiro atoms. The van der Waals surface area contributed by atoms with E-state index in [2.05, 4.69) is 29.8 Å². The van der Waals surface area contributed by atoms with E-state index >= 15 is 0 Å². The van der Waals surface area contributed by atoms with E-state index in [1.54, 1.807) is 11.8 Å². The molecule has 0 saturated heterocycles. The summed E-state index contributed by atoms with van der Waals surface area (Å²) in [6.07, 6.45) is 2.10. The number of hydrogen-bond acceptors (Lipinski definition) is 2. The van der Waals surface area contributed by atoms with E-state index < -0.39 is 0 Å². The smallest absolute Gasteiger partial charge is 0.151 e. The third-order valence-corrected chi connectivity index (χ3v) is 4.23. The molecule has 0 bridgehead atoms. The minimum Gasteiger partial charge on any atom is -0.298 e. The van der Waals surface area contributed by atoms with Crippen molar-refractivity contribution in [3.05, 3.63) is 28.2 Å². The summed E-state index contributed by atoms with van der Waals surface area (Å²) < 4.78 is 0.956. The Morgan fingerprint density at radius 1 is 1.53 bits per heavy atom. The first-order valence-electron chi connectivity index (χ1n) is 5.05. The lowest BCUT2D eigenvalue weighted by molar-refractivity contribution is 0.112. The van der Waals surface area contributed by atoms with Crippen LogP contribution in [0.1, 0.15) is 30.6 Å². The van der Waals surface area contributed by atoms with Gasteiger partial charge in [-0.3, -0.25) is 4.79 Å². The van der Waals surface area contributed by atoms with Crippen molar-refractivity contribution in [2.75, 3.05) is 5.75 Å². The van der Waals surface area contributed by atoms with E-state index in [1.807, 2.05) is 18.2 Å². The molecule has 0 saturated carbocycles. The Labute approximate surface area is 104 Å². The number of halogens is 1. The third-order valence-electron chi connectivity index (χ3n) is 2.32. The maximum absolute atomic E-state index is 10.9. The second-order valence-electron chi connectivity index (χ2n) is 3.62. The molecule has 0 fully saturated rings. The van der Waals surface area contributed by atoms with E-state index in [1.165, 1.54) is 6.42 Å². The minimum atomic E-state index is 0.693. The van der Waals surface area contributed by atoms with Crippen molar-refractivity contribution in [1.82, 2.24) is 0 Å². The van der Waals surface area contributed by atoms with Gasteiger partial charge in [-0.25, -0.2) is 0 Å². The predicted octanol–water partition coefficient (Wildman–Crippen LogP) is 4.40. The molecule has 15 heavy (non-hydrogen) atoms. The lowest BCUT2D eigenvalue weighted by atomic mass is 10.2. The van der Waals surface area contributed by atoms with Crippen LogP contribution in [0.2, 0.25) is 0 Å². The number of hydrogen-bond donors (Lipinski definition) is 0. The van der Waals surface area contributed by atoms with Crippen molar-refractivity contribution in [3.8, 4) is 0 Å². The zero-order valence-corrected chi connectivity index (χ0v) is 11.4. The first-order valence-corrected chi connectivity index (χ1v) is 6.82. The van der Waals surface area contributed by atoms with Crippen LogP contribution in [0, 0.1) is 5.92 Å². The summed E-state index contributed by atoms with van der Waals surface area (Å²) in [6.45, 7) is 4.42. The fraction of sp³-hybridized carbons (Fsp3) is 0.417. The van der Waals surface area contributed by atoms with Crippen LogP contribution in [0.3, 0.4) is 0 Å². The van der Waals surface area contributed by atoms with Gasteiger partial charge in [-0.2, -0.15) is 0 Å². The fourth-order valence-electron chi connectivity index (χ4n) is 1.09. The lowest BCUT2D eigenvalue weighted by Gasteiger charge is -2.09. The quantitative estimate of drug-likeness (QED) is 0.590. The molecule has 82 valence electrons. The van der Waals surface area contributed by atoms with Crippen LogP contribution >= 0.6 is 27.7 Å². The summed E-state index contributed by atoms with van der Waals surface area (Å²) in [5, 5.41) is 0. The molecule has 0 N–H and O–H groups in total. The zero-order valence-electron chi connectivity index (χ0n) is 9.00. The van der Waals surface area contributed by atoms with Gasteiger partial charge in [0, 0.05) is 20.7 Å². The molecule has 1 unspecified atom stereocenters. The number of carbonyl (C=O) groups excluding carboxylic acids is 1. The first kappa shape index (κ1) is 12.8. The summed E-state index contributed by atoms with van der Waals surface area (Å²) in [6, 6.07) is 5.85. The topological polar surface area (TPSA) is 17.1 Å². The minimum absolute atomic E-state index is 0.693. The highest BCUT2D eigenvalue weighted by Gasteiger charge is 2.05. The van der Waals surface area contributed by atoms with Gasteiger partial charge >= 0.3 is 0 Å². The number of rotatable bonds is 5. The Bertz CT molecular complexity index is 338. The highest BCUT2D eigenvalue weighted by Crippen LogP contribution is 2.27. The molecule has 0 aliphatic heterocycles. The molecule has 0 radical (unpaired) electrons. The first-order chi connectivity index (χ1) is 7.17. The van der Waals surface area contributed by atoms with Crippen LogP contribution in [0.25, 0.3) is 0 Å². The summed E-state index contributed by atoms with van der Waals surface area (Å²) >= 11 is 5.12. The van der Waals surface area contributed by atoms with E-state index in [0.717, 1.165) is 27.0 Å². The summed E-state index contributed by atoms with van der Waals surface area (Å²) in [7, 11) is 0. The molecule has 1 aromatic carbocycles. The Kier molecular flexibility index (Phi) is 5.40. The highest BCUT2D eigenvalue weighted by atomic mass is 79.9. The van der Waals surface area contributed by atoms with Gasteiger partial charge in [-0.05, 0) is 24.1 Å². The molecule has 0 aromatic heterocycles. The monoisotopic (exact) mass is 286 g/mol. The maximum Gasteiger partial charge on any atom is 0.151 e. The molecule has 0 aliphatic rings. The predicted molar refractivity (Wildman–Crippen MR) is 69.7 cm³/mol. The second-order valence-corrected chi connectivity index (χ2v) is 5.60. The summed E-state index contributed by atoms with van der Waals surface area (Å²) in [4.78, 5) is 11.9. The molecule has 0 heterocycles.